The first-order valence-corrected chi connectivity index (χ1v) is 10.7. The van der Waals surface area contributed by atoms with Crippen LogP contribution in [0, 0.1) is 11.7 Å². The predicted molar refractivity (Wildman–Crippen MR) is 107 cm³/mol. The summed E-state index contributed by atoms with van der Waals surface area (Å²) in [5.41, 5.74) is 0.427. The van der Waals surface area contributed by atoms with Crippen LogP contribution in [0.2, 0.25) is 0 Å². The second-order valence-corrected chi connectivity index (χ2v) is 8.57. The lowest BCUT2D eigenvalue weighted by Gasteiger charge is -2.36. The molecule has 2 aliphatic rings. The maximum atomic E-state index is 13.9. The average molecular weight is 402 g/mol. The molecule has 2 aromatic rings. The van der Waals surface area contributed by atoms with Crippen LogP contribution in [0.5, 0.6) is 0 Å². The number of carbonyl (C=O) groups is 2. The highest BCUT2D eigenvalue weighted by atomic mass is 32.1. The molecule has 4 rings (SSSR count). The predicted octanol–water partition coefficient (Wildman–Crippen LogP) is 3.81. The molecular weight excluding hydrogens is 377 g/mol. The van der Waals surface area contributed by atoms with Gasteiger partial charge < -0.3 is 9.80 Å². The van der Waals surface area contributed by atoms with Gasteiger partial charge in [-0.15, -0.1) is 11.3 Å². The summed E-state index contributed by atoms with van der Waals surface area (Å²) in [6.45, 7) is 3.08. The Labute approximate surface area is 168 Å². The number of amides is 2. The van der Waals surface area contributed by atoms with Gasteiger partial charge in [-0.2, -0.15) is 0 Å². The van der Waals surface area contributed by atoms with E-state index in [1.807, 2.05) is 9.80 Å². The molecule has 1 aromatic heterocycles. The van der Waals surface area contributed by atoms with Gasteiger partial charge >= 0.3 is 0 Å². The number of halogens is 1. The number of hydrogen-bond acceptors (Lipinski definition) is 4. The van der Waals surface area contributed by atoms with Crippen LogP contribution in [-0.4, -0.2) is 52.8 Å². The molecule has 7 heteroatoms. The number of hydrogen-bond donors (Lipinski definition) is 0. The molecule has 0 aliphatic carbocycles. The SMILES string of the molecule is O=C1CCCCN1CC1CCN(C(=O)c2cnc(-c3ccccc3F)s2)CC1. The van der Waals surface area contributed by atoms with Crippen LogP contribution in [-0.2, 0) is 4.79 Å². The van der Waals surface area contributed by atoms with Gasteiger partial charge in [0.25, 0.3) is 5.91 Å². The summed E-state index contributed by atoms with van der Waals surface area (Å²) < 4.78 is 13.9. The van der Waals surface area contributed by atoms with Crippen molar-refractivity contribution in [3.63, 3.8) is 0 Å². The Bertz CT molecular complexity index is 861. The Morgan fingerprint density at radius 3 is 2.71 bits per heavy atom. The summed E-state index contributed by atoms with van der Waals surface area (Å²) in [5, 5.41) is 0.528. The highest BCUT2D eigenvalue weighted by Crippen LogP contribution is 2.29. The lowest BCUT2D eigenvalue weighted by atomic mass is 9.95. The minimum absolute atomic E-state index is 0.0346. The van der Waals surface area contributed by atoms with E-state index in [0.717, 1.165) is 38.8 Å². The fourth-order valence-corrected chi connectivity index (χ4v) is 4.88. The van der Waals surface area contributed by atoms with Gasteiger partial charge in [0.2, 0.25) is 5.91 Å². The molecule has 0 bridgehead atoms. The largest absolute Gasteiger partial charge is 0.342 e. The molecule has 148 valence electrons. The summed E-state index contributed by atoms with van der Waals surface area (Å²) in [4.78, 5) is 33.5. The molecule has 0 unspecified atom stereocenters. The van der Waals surface area contributed by atoms with Gasteiger partial charge in [0, 0.05) is 38.2 Å². The number of aromatic nitrogens is 1. The number of likely N-dealkylation sites (tertiary alicyclic amines) is 2. The lowest BCUT2D eigenvalue weighted by molar-refractivity contribution is -0.134. The number of benzene rings is 1. The highest BCUT2D eigenvalue weighted by molar-refractivity contribution is 7.16. The number of thiazole rings is 1. The van der Waals surface area contributed by atoms with Gasteiger partial charge in [-0.25, -0.2) is 9.37 Å². The molecule has 2 aliphatic heterocycles. The van der Waals surface area contributed by atoms with E-state index in [0.29, 0.717) is 40.9 Å². The third-order valence-electron chi connectivity index (χ3n) is 5.62. The van der Waals surface area contributed by atoms with Crippen molar-refractivity contribution in [3.8, 4) is 10.6 Å². The monoisotopic (exact) mass is 401 g/mol. The first-order chi connectivity index (χ1) is 13.6. The summed E-state index contributed by atoms with van der Waals surface area (Å²) in [7, 11) is 0. The fraction of sp³-hybridized carbons (Fsp3) is 0.476. The van der Waals surface area contributed by atoms with Crippen LogP contribution in [0.15, 0.2) is 30.5 Å². The van der Waals surface area contributed by atoms with Crippen molar-refractivity contribution in [2.45, 2.75) is 32.1 Å². The summed E-state index contributed by atoms with van der Waals surface area (Å²) in [6, 6.07) is 6.48. The van der Waals surface area contributed by atoms with E-state index >= 15 is 0 Å². The lowest BCUT2D eigenvalue weighted by Crippen LogP contribution is -2.44. The molecule has 0 saturated carbocycles. The molecule has 28 heavy (non-hydrogen) atoms. The topological polar surface area (TPSA) is 53.5 Å². The fourth-order valence-electron chi connectivity index (χ4n) is 3.97. The van der Waals surface area contributed by atoms with Crippen LogP contribution in [0.25, 0.3) is 10.6 Å². The van der Waals surface area contributed by atoms with Crippen molar-refractivity contribution in [3.05, 3.63) is 41.2 Å². The molecule has 3 heterocycles. The zero-order chi connectivity index (χ0) is 19.5. The van der Waals surface area contributed by atoms with E-state index in [1.54, 1.807) is 24.4 Å². The van der Waals surface area contributed by atoms with Gasteiger partial charge in [0.15, 0.2) is 0 Å². The van der Waals surface area contributed by atoms with Crippen molar-refractivity contribution in [2.75, 3.05) is 26.2 Å². The van der Waals surface area contributed by atoms with Crippen molar-refractivity contribution in [1.82, 2.24) is 14.8 Å². The summed E-state index contributed by atoms with van der Waals surface area (Å²) >= 11 is 1.24. The van der Waals surface area contributed by atoms with Crippen LogP contribution >= 0.6 is 11.3 Å². The van der Waals surface area contributed by atoms with Gasteiger partial charge in [0.05, 0.1) is 6.20 Å². The Morgan fingerprint density at radius 2 is 1.96 bits per heavy atom. The Balaban J connectivity index is 1.34. The maximum absolute atomic E-state index is 13.9. The Morgan fingerprint density at radius 1 is 1.18 bits per heavy atom. The van der Waals surface area contributed by atoms with Crippen molar-refractivity contribution in [2.24, 2.45) is 5.92 Å². The molecule has 0 spiro atoms. The first kappa shape index (κ1) is 19.1. The van der Waals surface area contributed by atoms with E-state index < -0.39 is 0 Å². The van der Waals surface area contributed by atoms with E-state index in [1.165, 1.54) is 17.4 Å². The normalized spacial score (nSPS) is 18.5. The molecule has 2 saturated heterocycles. The first-order valence-electron chi connectivity index (χ1n) is 9.89. The Hall–Kier alpha value is -2.28. The van der Waals surface area contributed by atoms with Gasteiger partial charge in [-0.05, 0) is 43.7 Å². The number of piperidine rings is 2. The van der Waals surface area contributed by atoms with Crippen molar-refractivity contribution >= 4 is 23.2 Å². The number of nitrogens with zero attached hydrogens (tertiary/aromatic N) is 3. The zero-order valence-electron chi connectivity index (χ0n) is 15.8. The van der Waals surface area contributed by atoms with Crippen LogP contribution < -0.4 is 0 Å². The third-order valence-corrected chi connectivity index (χ3v) is 6.64. The van der Waals surface area contributed by atoms with E-state index in [2.05, 4.69) is 4.98 Å². The molecule has 1 aromatic carbocycles. The molecule has 2 fully saturated rings. The maximum Gasteiger partial charge on any atom is 0.265 e. The molecule has 0 radical (unpaired) electrons. The standard InChI is InChI=1S/C21H24FN3O2S/c22-17-6-2-1-5-16(17)20-23-13-18(28-20)21(27)24-11-8-15(9-12-24)14-25-10-4-3-7-19(25)26/h1-2,5-6,13,15H,3-4,7-12,14H2. The second kappa shape index (κ2) is 8.39. The highest BCUT2D eigenvalue weighted by Gasteiger charge is 2.28. The quantitative estimate of drug-likeness (QED) is 0.783. The van der Waals surface area contributed by atoms with Crippen LogP contribution in [0.3, 0.4) is 0 Å². The number of rotatable bonds is 4. The smallest absolute Gasteiger partial charge is 0.265 e. The van der Waals surface area contributed by atoms with E-state index in [-0.39, 0.29) is 17.6 Å². The minimum atomic E-state index is -0.330. The van der Waals surface area contributed by atoms with E-state index in [4.69, 9.17) is 0 Å². The Kier molecular flexibility index (Phi) is 5.71. The molecular formula is C21H24FN3O2S. The zero-order valence-corrected chi connectivity index (χ0v) is 16.6. The molecule has 0 N–H and O–H groups in total. The van der Waals surface area contributed by atoms with Crippen LogP contribution in [0.4, 0.5) is 4.39 Å². The molecule has 0 atom stereocenters. The van der Waals surface area contributed by atoms with Gasteiger partial charge in [-0.3, -0.25) is 9.59 Å². The van der Waals surface area contributed by atoms with Crippen molar-refractivity contribution in [1.29, 1.82) is 0 Å². The van der Waals surface area contributed by atoms with Gasteiger partial charge in [0.1, 0.15) is 15.7 Å². The van der Waals surface area contributed by atoms with Crippen molar-refractivity contribution < 1.29 is 14.0 Å². The minimum Gasteiger partial charge on any atom is -0.342 e. The second-order valence-electron chi connectivity index (χ2n) is 7.54. The van der Waals surface area contributed by atoms with Gasteiger partial charge in [-0.1, -0.05) is 12.1 Å². The van der Waals surface area contributed by atoms with Crippen LogP contribution in [0.1, 0.15) is 41.8 Å². The van der Waals surface area contributed by atoms with E-state index in [9.17, 15) is 14.0 Å². The summed E-state index contributed by atoms with van der Waals surface area (Å²) in [5.74, 6) is 0.369. The molecule has 2 amide bonds. The number of carbonyl (C=O) groups excluding carboxylic acids is 2. The molecule has 5 nitrogen and oxygen atoms in total. The third kappa shape index (κ3) is 4.09. The average Bonchev–Trinajstić information content (AvgIpc) is 3.20. The summed E-state index contributed by atoms with van der Waals surface area (Å²) in [6.07, 6.45) is 6.15.